The molecule has 0 bridgehead atoms. The Morgan fingerprint density at radius 3 is 2.76 bits per heavy atom. The molecule has 92 valence electrons. The largest absolute Gasteiger partial charge is 0.354 e. The lowest BCUT2D eigenvalue weighted by Crippen LogP contribution is -2.21. The van der Waals surface area contributed by atoms with Crippen LogP contribution in [-0.2, 0) is 0 Å². The SMILES string of the molecule is C=CCCNc1nc(Cl)nc(N2CCCC2)n1. The van der Waals surface area contributed by atoms with E-state index in [-0.39, 0.29) is 5.28 Å². The Kier molecular flexibility index (Phi) is 4.14. The molecule has 1 aromatic heterocycles. The van der Waals surface area contributed by atoms with Crippen LogP contribution in [0.4, 0.5) is 11.9 Å². The maximum atomic E-state index is 5.89. The molecule has 1 fully saturated rings. The molecular formula is C11H16ClN5. The van der Waals surface area contributed by atoms with E-state index >= 15 is 0 Å². The van der Waals surface area contributed by atoms with Gasteiger partial charge in [-0.2, -0.15) is 15.0 Å². The van der Waals surface area contributed by atoms with Gasteiger partial charge in [0.15, 0.2) is 0 Å². The predicted octanol–water partition coefficient (Wildman–Crippen LogP) is 2.11. The van der Waals surface area contributed by atoms with Crippen LogP contribution in [0.1, 0.15) is 19.3 Å². The Morgan fingerprint density at radius 1 is 1.29 bits per heavy atom. The molecule has 1 aromatic rings. The van der Waals surface area contributed by atoms with Gasteiger partial charge >= 0.3 is 0 Å². The molecule has 0 atom stereocenters. The highest BCUT2D eigenvalue weighted by Crippen LogP contribution is 2.18. The Morgan fingerprint density at radius 2 is 2.06 bits per heavy atom. The summed E-state index contributed by atoms with van der Waals surface area (Å²) >= 11 is 5.89. The van der Waals surface area contributed by atoms with Crippen LogP contribution < -0.4 is 10.2 Å². The summed E-state index contributed by atoms with van der Waals surface area (Å²) in [4.78, 5) is 14.7. The summed E-state index contributed by atoms with van der Waals surface area (Å²) in [6.07, 6.45) is 5.07. The van der Waals surface area contributed by atoms with Gasteiger partial charge in [0.05, 0.1) is 0 Å². The van der Waals surface area contributed by atoms with E-state index in [1.165, 1.54) is 12.8 Å². The highest BCUT2D eigenvalue weighted by atomic mass is 35.5. The maximum Gasteiger partial charge on any atom is 0.231 e. The van der Waals surface area contributed by atoms with Crippen LogP contribution in [0.15, 0.2) is 12.7 Å². The zero-order valence-electron chi connectivity index (χ0n) is 9.69. The first kappa shape index (κ1) is 12.1. The summed E-state index contributed by atoms with van der Waals surface area (Å²) < 4.78 is 0. The molecule has 2 heterocycles. The van der Waals surface area contributed by atoms with Crippen LogP contribution in [0.3, 0.4) is 0 Å². The van der Waals surface area contributed by atoms with Gasteiger partial charge in [0, 0.05) is 19.6 Å². The minimum atomic E-state index is 0.239. The standard InChI is InChI=1S/C11H16ClN5/c1-2-3-6-13-10-14-9(12)15-11(16-10)17-7-4-5-8-17/h2H,1,3-8H2,(H,13,14,15,16). The lowest BCUT2D eigenvalue weighted by atomic mass is 10.4. The van der Waals surface area contributed by atoms with Crippen molar-refractivity contribution in [3.05, 3.63) is 17.9 Å². The molecule has 2 rings (SSSR count). The van der Waals surface area contributed by atoms with Crippen LogP contribution in [0.25, 0.3) is 0 Å². The smallest absolute Gasteiger partial charge is 0.231 e. The molecule has 0 radical (unpaired) electrons. The minimum absolute atomic E-state index is 0.239. The minimum Gasteiger partial charge on any atom is -0.354 e. The first-order valence-electron chi connectivity index (χ1n) is 5.81. The topological polar surface area (TPSA) is 53.9 Å². The van der Waals surface area contributed by atoms with Crippen molar-refractivity contribution in [2.75, 3.05) is 29.9 Å². The third-order valence-electron chi connectivity index (χ3n) is 2.62. The molecule has 5 nitrogen and oxygen atoms in total. The van der Waals surface area contributed by atoms with E-state index in [1.54, 1.807) is 0 Å². The van der Waals surface area contributed by atoms with Gasteiger partial charge in [0.25, 0.3) is 0 Å². The monoisotopic (exact) mass is 253 g/mol. The van der Waals surface area contributed by atoms with E-state index in [0.29, 0.717) is 11.9 Å². The molecule has 0 amide bonds. The van der Waals surface area contributed by atoms with E-state index in [2.05, 4.69) is 31.7 Å². The summed E-state index contributed by atoms with van der Waals surface area (Å²) in [7, 11) is 0. The molecule has 0 aliphatic carbocycles. The highest BCUT2D eigenvalue weighted by molar-refractivity contribution is 6.28. The first-order chi connectivity index (χ1) is 8.29. The third kappa shape index (κ3) is 3.30. The van der Waals surface area contributed by atoms with Crippen molar-refractivity contribution in [1.82, 2.24) is 15.0 Å². The number of hydrogen-bond acceptors (Lipinski definition) is 5. The molecule has 0 unspecified atom stereocenters. The summed E-state index contributed by atoms with van der Waals surface area (Å²) in [5.41, 5.74) is 0. The van der Waals surface area contributed by atoms with Gasteiger partial charge in [-0.3, -0.25) is 0 Å². The van der Waals surface area contributed by atoms with Crippen LogP contribution in [-0.4, -0.2) is 34.6 Å². The second-order valence-electron chi connectivity index (χ2n) is 3.93. The van der Waals surface area contributed by atoms with Gasteiger partial charge in [-0.1, -0.05) is 6.08 Å². The fourth-order valence-electron chi connectivity index (χ4n) is 1.76. The molecule has 1 aliphatic rings. The molecular weight excluding hydrogens is 238 g/mol. The van der Waals surface area contributed by atoms with E-state index in [0.717, 1.165) is 26.1 Å². The van der Waals surface area contributed by atoms with Crippen molar-refractivity contribution in [3.63, 3.8) is 0 Å². The third-order valence-corrected chi connectivity index (χ3v) is 2.79. The van der Waals surface area contributed by atoms with E-state index in [9.17, 15) is 0 Å². The maximum absolute atomic E-state index is 5.89. The number of hydrogen-bond donors (Lipinski definition) is 1. The predicted molar refractivity (Wildman–Crippen MR) is 69.6 cm³/mol. The summed E-state index contributed by atoms with van der Waals surface area (Å²) in [5.74, 6) is 1.21. The van der Waals surface area contributed by atoms with Crippen molar-refractivity contribution < 1.29 is 0 Å². The fraction of sp³-hybridized carbons (Fsp3) is 0.545. The molecule has 1 aliphatic heterocycles. The Hall–Kier alpha value is -1.36. The number of aromatic nitrogens is 3. The molecule has 0 spiro atoms. The summed E-state index contributed by atoms with van der Waals surface area (Å²) in [6.45, 7) is 6.40. The summed E-state index contributed by atoms with van der Waals surface area (Å²) in [6, 6.07) is 0. The number of nitrogens with one attached hydrogen (secondary N) is 1. The van der Waals surface area contributed by atoms with E-state index < -0.39 is 0 Å². The number of rotatable bonds is 5. The van der Waals surface area contributed by atoms with Gasteiger partial charge in [0.1, 0.15) is 0 Å². The van der Waals surface area contributed by atoms with Crippen LogP contribution >= 0.6 is 11.6 Å². The first-order valence-corrected chi connectivity index (χ1v) is 6.18. The van der Waals surface area contributed by atoms with Crippen LogP contribution in [0, 0.1) is 0 Å². The van der Waals surface area contributed by atoms with Gasteiger partial charge in [-0.05, 0) is 30.9 Å². The number of halogens is 1. The highest BCUT2D eigenvalue weighted by Gasteiger charge is 2.16. The summed E-state index contributed by atoms with van der Waals surface area (Å²) in [5, 5.41) is 3.34. The van der Waals surface area contributed by atoms with Crippen molar-refractivity contribution >= 4 is 23.5 Å². The number of anilines is 2. The van der Waals surface area contributed by atoms with Crippen molar-refractivity contribution in [1.29, 1.82) is 0 Å². The fourth-order valence-corrected chi connectivity index (χ4v) is 1.92. The van der Waals surface area contributed by atoms with Crippen LogP contribution in [0.2, 0.25) is 5.28 Å². The van der Waals surface area contributed by atoms with E-state index in [1.807, 2.05) is 6.08 Å². The normalized spacial score (nSPS) is 15.0. The van der Waals surface area contributed by atoms with Crippen LogP contribution in [0.5, 0.6) is 0 Å². The average molecular weight is 254 g/mol. The molecule has 1 N–H and O–H groups in total. The lowest BCUT2D eigenvalue weighted by Gasteiger charge is -2.15. The van der Waals surface area contributed by atoms with Gasteiger partial charge < -0.3 is 10.2 Å². The van der Waals surface area contributed by atoms with Gasteiger partial charge in [-0.25, -0.2) is 0 Å². The quantitative estimate of drug-likeness (QED) is 0.644. The molecule has 1 saturated heterocycles. The Bertz CT molecular complexity index is 389. The number of nitrogens with zero attached hydrogens (tertiary/aromatic N) is 4. The second kappa shape index (κ2) is 5.82. The second-order valence-corrected chi connectivity index (χ2v) is 4.26. The van der Waals surface area contributed by atoms with E-state index in [4.69, 9.17) is 11.6 Å². The molecule has 6 heteroatoms. The molecule has 17 heavy (non-hydrogen) atoms. The lowest BCUT2D eigenvalue weighted by molar-refractivity contribution is 0.875. The zero-order chi connectivity index (χ0) is 12.1. The average Bonchev–Trinajstić information content (AvgIpc) is 2.82. The molecule has 0 aromatic carbocycles. The van der Waals surface area contributed by atoms with Crippen molar-refractivity contribution in [2.45, 2.75) is 19.3 Å². The van der Waals surface area contributed by atoms with Crippen molar-refractivity contribution in [2.24, 2.45) is 0 Å². The zero-order valence-corrected chi connectivity index (χ0v) is 10.4. The molecule has 0 saturated carbocycles. The van der Waals surface area contributed by atoms with Gasteiger partial charge in [0.2, 0.25) is 17.2 Å². The Balaban J connectivity index is 2.08. The van der Waals surface area contributed by atoms with Gasteiger partial charge in [-0.15, -0.1) is 6.58 Å². The Labute approximate surface area is 106 Å². The van der Waals surface area contributed by atoms with Crippen molar-refractivity contribution in [3.8, 4) is 0 Å².